The lowest BCUT2D eigenvalue weighted by Gasteiger charge is -2.12. The number of aromatic nitrogens is 2. The number of nitrogens with zero attached hydrogens (tertiary/aromatic N) is 2. The summed E-state index contributed by atoms with van der Waals surface area (Å²) in [5.41, 5.74) is 6.99. The van der Waals surface area contributed by atoms with Gasteiger partial charge in [0.25, 0.3) is 0 Å². The molecule has 1 heterocycles. The van der Waals surface area contributed by atoms with E-state index in [1.165, 1.54) is 0 Å². The lowest BCUT2D eigenvalue weighted by Crippen LogP contribution is -2.34. The van der Waals surface area contributed by atoms with Crippen LogP contribution in [0.15, 0.2) is 28.7 Å². The van der Waals surface area contributed by atoms with Crippen molar-refractivity contribution in [2.24, 2.45) is 5.73 Å². The van der Waals surface area contributed by atoms with Crippen LogP contribution < -0.4 is 11.1 Å². The van der Waals surface area contributed by atoms with Gasteiger partial charge in [0.2, 0.25) is 17.7 Å². The molecule has 0 fully saturated rings. The topological polar surface area (TPSA) is 94.0 Å². The zero-order valence-corrected chi connectivity index (χ0v) is 10.9. The van der Waals surface area contributed by atoms with Gasteiger partial charge in [-0.05, 0) is 18.6 Å². The molecule has 0 aliphatic carbocycles. The van der Waals surface area contributed by atoms with Gasteiger partial charge in [-0.25, -0.2) is 0 Å². The van der Waals surface area contributed by atoms with Crippen LogP contribution in [0.4, 0.5) is 5.69 Å². The molecule has 1 atom stereocenters. The normalized spacial score (nSPS) is 12.2. The quantitative estimate of drug-likeness (QED) is 0.872. The average molecular weight is 260 g/mol. The molecule has 0 bridgehead atoms. The van der Waals surface area contributed by atoms with Gasteiger partial charge >= 0.3 is 0 Å². The van der Waals surface area contributed by atoms with Crippen molar-refractivity contribution >= 4 is 11.6 Å². The largest absolute Gasteiger partial charge is 0.421 e. The highest BCUT2D eigenvalue weighted by Gasteiger charge is 2.15. The monoisotopic (exact) mass is 260 g/mol. The Labute approximate surface area is 111 Å². The third-order valence-electron chi connectivity index (χ3n) is 2.72. The number of hydrogen-bond donors (Lipinski definition) is 2. The minimum absolute atomic E-state index is 0.230. The van der Waals surface area contributed by atoms with E-state index >= 15 is 0 Å². The predicted octanol–water partition coefficient (Wildman–Crippen LogP) is 1.72. The second-order valence-corrected chi connectivity index (χ2v) is 4.18. The van der Waals surface area contributed by atoms with E-state index in [0.29, 0.717) is 29.5 Å². The summed E-state index contributed by atoms with van der Waals surface area (Å²) >= 11 is 0. The number of amides is 1. The fourth-order valence-electron chi connectivity index (χ4n) is 1.59. The molecule has 6 heteroatoms. The average Bonchev–Trinajstić information content (AvgIpc) is 2.85. The number of para-hydroxylation sites is 1. The fourth-order valence-corrected chi connectivity index (χ4v) is 1.59. The lowest BCUT2D eigenvalue weighted by atomic mass is 10.1. The summed E-state index contributed by atoms with van der Waals surface area (Å²) in [6, 6.07) is 6.71. The maximum Gasteiger partial charge on any atom is 0.249 e. The van der Waals surface area contributed by atoms with Crippen molar-refractivity contribution in [3.63, 3.8) is 0 Å². The summed E-state index contributed by atoms with van der Waals surface area (Å²) < 4.78 is 5.37. The standard InChI is InChI=1S/C13H16N4O2/c1-3-10(14)12(18)15-11-7-5-4-6-9(11)13-17-16-8(2)19-13/h4-7,10H,3,14H2,1-2H3,(H,15,18)/t10-/m1/s1. The molecule has 2 aromatic rings. The van der Waals surface area contributed by atoms with Gasteiger partial charge in [-0.2, -0.15) is 0 Å². The van der Waals surface area contributed by atoms with E-state index in [1.807, 2.05) is 19.1 Å². The van der Waals surface area contributed by atoms with E-state index in [-0.39, 0.29) is 5.91 Å². The highest BCUT2D eigenvalue weighted by molar-refractivity contribution is 5.97. The predicted molar refractivity (Wildman–Crippen MR) is 71.4 cm³/mol. The zero-order valence-electron chi connectivity index (χ0n) is 10.9. The van der Waals surface area contributed by atoms with Gasteiger partial charge in [0.1, 0.15) is 0 Å². The van der Waals surface area contributed by atoms with Crippen molar-refractivity contribution in [3.05, 3.63) is 30.2 Å². The molecule has 3 N–H and O–H groups in total. The molecule has 1 aromatic heterocycles. The van der Waals surface area contributed by atoms with Crippen LogP contribution in [0.1, 0.15) is 19.2 Å². The van der Waals surface area contributed by atoms with Crippen molar-refractivity contribution in [2.75, 3.05) is 5.32 Å². The summed E-state index contributed by atoms with van der Waals surface area (Å²) in [5.74, 6) is 0.617. The Morgan fingerprint density at radius 2 is 2.16 bits per heavy atom. The second kappa shape index (κ2) is 5.62. The lowest BCUT2D eigenvalue weighted by molar-refractivity contribution is -0.117. The first-order chi connectivity index (χ1) is 9.11. The molecule has 0 saturated heterocycles. The maximum absolute atomic E-state index is 11.8. The number of nitrogens with two attached hydrogens (primary N) is 1. The number of nitrogens with one attached hydrogen (secondary N) is 1. The SMILES string of the molecule is CC[C@@H](N)C(=O)Nc1ccccc1-c1nnc(C)o1. The summed E-state index contributed by atoms with van der Waals surface area (Å²) in [4.78, 5) is 11.8. The number of anilines is 1. The van der Waals surface area contributed by atoms with Crippen LogP contribution in [-0.4, -0.2) is 22.1 Å². The van der Waals surface area contributed by atoms with Crippen LogP contribution in [-0.2, 0) is 4.79 Å². The van der Waals surface area contributed by atoms with Crippen LogP contribution in [0.5, 0.6) is 0 Å². The molecular formula is C13H16N4O2. The van der Waals surface area contributed by atoms with E-state index in [1.54, 1.807) is 19.1 Å². The Morgan fingerprint density at radius 1 is 1.42 bits per heavy atom. The Balaban J connectivity index is 2.29. The van der Waals surface area contributed by atoms with Crippen molar-refractivity contribution in [2.45, 2.75) is 26.3 Å². The van der Waals surface area contributed by atoms with Gasteiger partial charge < -0.3 is 15.5 Å². The molecule has 0 aliphatic heterocycles. The third kappa shape index (κ3) is 2.97. The van der Waals surface area contributed by atoms with Gasteiger partial charge in [0.15, 0.2) is 0 Å². The van der Waals surface area contributed by atoms with Crippen LogP contribution in [0.3, 0.4) is 0 Å². The summed E-state index contributed by atoms with van der Waals surface area (Å²) in [7, 11) is 0. The van der Waals surface area contributed by atoms with Gasteiger partial charge in [-0.3, -0.25) is 4.79 Å². The van der Waals surface area contributed by atoms with Crippen LogP contribution in [0, 0.1) is 6.92 Å². The molecule has 100 valence electrons. The molecule has 2 rings (SSSR count). The molecule has 0 spiro atoms. The first kappa shape index (κ1) is 13.2. The molecule has 0 saturated carbocycles. The number of carbonyl (C=O) groups excluding carboxylic acids is 1. The Morgan fingerprint density at radius 3 is 2.79 bits per heavy atom. The number of carbonyl (C=O) groups is 1. The van der Waals surface area contributed by atoms with Crippen molar-refractivity contribution in [3.8, 4) is 11.5 Å². The van der Waals surface area contributed by atoms with Crippen LogP contribution in [0.25, 0.3) is 11.5 Å². The molecule has 0 aliphatic rings. The number of rotatable bonds is 4. The van der Waals surface area contributed by atoms with Crippen molar-refractivity contribution in [1.29, 1.82) is 0 Å². The van der Waals surface area contributed by atoms with Gasteiger partial charge in [-0.15, -0.1) is 10.2 Å². The highest BCUT2D eigenvalue weighted by Crippen LogP contribution is 2.26. The molecule has 6 nitrogen and oxygen atoms in total. The molecular weight excluding hydrogens is 244 g/mol. The van der Waals surface area contributed by atoms with E-state index in [0.717, 1.165) is 0 Å². The van der Waals surface area contributed by atoms with Gasteiger partial charge in [0, 0.05) is 6.92 Å². The number of hydrogen-bond acceptors (Lipinski definition) is 5. The Kier molecular flexibility index (Phi) is 3.91. The van der Waals surface area contributed by atoms with Crippen molar-refractivity contribution in [1.82, 2.24) is 10.2 Å². The molecule has 19 heavy (non-hydrogen) atoms. The van der Waals surface area contributed by atoms with E-state index in [2.05, 4.69) is 15.5 Å². The summed E-state index contributed by atoms with van der Waals surface area (Å²) in [5, 5.41) is 10.5. The molecule has 0 unspecified atom stereocenters. The summed E-state index contributed by atoms with van der Waals surface area (Å²) in [6.45, 7) is 3.57. The molecule has 1 amide bonds. The first-order valence-corrected chi connectivity index (χ1v) is 6.07. The Bertz CT molecular complexity index is 580. The van der Waals surface area contributed by atoms with Crippen LogP contribution >= 0.6 is 0 Å². The van der Waals surface area contributed by atoms with Gasteiger partial charge in [0.05, 0.1) is 17.3 Å². The summed E-state index contributed by atoms with van der Waals surface area (Å²) in [6.07, 6.45) is 0.577. The fraction of sp³-hybridized carbons (Fsp3) is 0.308. The minimum atomic E-state index is -0.530. The second-order valence-electron chi connectivity index (χ2n) is 4.18. The van der Waals surface area contributed by atoms with Crippen LogP contribution in [0.2, 0.25) is 0 Å². The molecule has 0 radical (unpaired) electrons. The van der Waals surface area contributed by atoms with E-state index < -0.39 is 6.04 Å². The highest BCUT2D eigenvalue weighted by atomic mass is 16.4. The number of aryl methyl sites for hydroxylation is 1. The smallest absolute Gasteiger partial charge is 0.249 e. The third-order valence-corrected chi connectivity index (χ3v) is 2.72. The minimum Gasteiger partial charge on any atom is -0.421 e. The van der Waals surface area contributed by atoms with Gasteiger partial charge in [-0.1, -0.05) is 19.1 Å². The Hall–Kier alpha value is -2.21. The first-order valence-electron chi connectivity index (χ1n) is 6.07. The maximum atomic E-state index is 11.8. The van der Waals surface area contributed by atoms with E-state index in [4.69, 9.17) is 10.2 Å². The molecule has 1 aromatic carbocycles. The van der Waals surface area contributed by atoms with Crippen molar-refractivity contribution < 1.29 is 9.21 Å². The van der Waals surface area contributed by atoms with E-state index in [9.17, 15) is 4.79 Å². The zero-order chi connectivity index (χ0) is 13.8. The number of benzene rings is 1.